The largest absolute Gasteiger partial charge is 0.379 e. The van der Waals surface area contributed by atoms with Gasteiger partial charge >= 0.3 is 0 Å². The Labute approximate surface area is 177 Å². The first kappa shape index (κ1) is 20.5. The van der Waals surface area contributed by atoms with Gasteiger partial charge in [0, 0.05) is 32.4 Å². The lowest BCUT2D eigenvalue weighted by atomic mass is 9.95. The molecule has 1 unspecified atom stereocenters. The minimum atomic E-state index is -0.324. The molecule has 158 valence electrons. The summed E-state index contributed by atoms with van der Waals surface area (Å²) in [6.07, 6.45) is 1.73. The minimum Gasteiger partial charge on any atom is -0.379 e. The number of rotatable bonds is 6. The zero-order chi connectivity index (χ0) is 20.9. The molecule has 0 spiro atoms. The van der Waals surface area contributed by atoms with Gasteiger partial charge in [0.05, 0.1) is 31.4 Å². The summed E-state index contributed by atoms with van der Waals surface area (Å²) in [5, 5.41) is 2.96. The second-order valence-electron chi connectivity index (χ2n) is 7.89. The molecule has 2 fully saturated rings. The van der Waals surface area contributed by atoms with Gasteiger partial charge in [0.1, 0.15) is 6.04 Å². The van der Waals surface area contributed by atoms with Gasteiger partial charge in [-0.1, -0.05) is 36.4 Å². The van der Waals surface area contributed by atoms with E-state index < -0.39 is 0 Å². The van der Waals surface area contributed by atoms with Gasteiger partial charge in [-0.2, -0.15) is 0 Å². The van der Waals surface area contributed by atoms with Crippen molar-refractivity contribution in [3.05, 3.63) is 65.5 Å². The van der Waals surface area contributed by atoms with Crippen molar-refractivity contribution in [2.45, 2.75) is 19.5 Å². The van der Waals surface area contributed by atoms with E-state index in [-0.39, 0.29) is 23.8 Å². The number of ether oxygens (including phenoxy) is 1. The second kappa shape index (κ2) is 9.36. The summed E-state index contributed by atoms with van der Waals surface area (Å²) in [5.41, 5.74) is 2.91. The predicted molar refractivity (Wildman–Crippen MR) is 112 cm³/mol. The number of carbonyl (C=O) groups is 2. The van der Waals surface area contributed by atoms with Crippen LogP contribution in [-0.4, -0.2) is 66.0 Å². The van der Waals surface area contributed by atoms with Gasteiger partial charge in [-0.25, -0.2) is 0 Å². The van der Waals surface area contributed by atoms with E-state index in [2.05, 4.69) is 15.2 Å². The summed E-state index contributed by atoms with van der Waals surface area (Å²) in [7, 11) is 0. The molecular weight excluding hydrogens is 380 g/mol. The van der Waals surface area contributed by atoms with E-state index in [1.54, 1.807) is 11.1 Å². The Kier molecular flexibility index (Phi) is 6.40. The molecule has 1 aromatic heterocycles. The summed E-state index contributed by atoms with van der Waals surface area (Å²) in [5.74, 6) is -0.126. The molecule has 4 rings (SSSR count). The number of aryl methyl sites for hydroxylation is 1. The van der Waals surface area contributed by atoms with Gasteiger partial charge in [-0.3, -0.25) is 19.5 Å². The number of morpholine rings is 1. The topological polar surface area (TPSA) is 74.8 Å². The number of benzene rings is 1. The van der Waals surface area contributed by atoms with Crippen LogP contribution in [0.3, 0.4) is 0 Å². The highest BCUT2D eigenvalue weighted by Crippen LogP contribution is 2.28. The molecule has 2 saturated heterocycles. The number of nitrogens with zero attached hydrogens (tertiary/aromatic N) is 3. The van der Waals surface area contributed by atoms with Gasteiger partial charge in [-0.05, 0) is 24.1 Å². The van der Waals surface area contributed by atoms with Gasteiger partial charge in [-0.15, -0.1) is 0 Å². The molecule has 2 aliphatic heterocycles. The molecule has 2 amide bonds. The third-order valence-corrected chi connectivity index (χ3v) is 5.87. The van der Waals surface area contributed by atoms with Gasteiger partial charge in [0.25, 0.3) is 0 Å². The van der Waals surface area contributed by atoms with Crippen LogP contribution in [-0.2, 0) is 20.9 Å². The van der Waals surface area contributed by atoms with Gasteiger partial charge in [0.15, 0.2) is 0 Å². The molecule has 3 heterocycles. The zero-order valence-corrected chi connectivity index (χ0v) is 17.3. The number of likely N-dealkylation sites (tertiary alicyclic amines) is 1. The first-order valence-electron chi connectivity index (χ1n) is 10.5. The molecule has 7 nitrogen and oxygen atoms in total. The molecule has 7 heteroatoms. The van der Waals surface area contributed by atoms with Crippen LogP contribution in [0.15, 0.2) is 48.7 Å². The molecule has 2 aliphatic rings. The highest BCUT2D eigenvalue weighted by molar-refractivity contribution is 5.87. The standard InChI is InChI=1S/C23H28N4O3/c1-17-6-5-9-24-20(17)14-25-22(28)19-15-27(16-19)23(29)21(18-7-3-2-4-8-18)26-10-12-30-13-11-26/h2-9,19,21H,10-16H2,1H3,(H,25,28). The van der Waals surface area contributed by atoms with E-state index in [1.165, 1.54) is 0 Å². The third-order valence-electron chi connectivity index (χ3n) is 5.87. The predicted octanol–water partition coefficient (Wildman–Crippen LogP) is 1.54. The fourth-order valence-electron chi connectivity index (χ4n) is 4.00. The summed E-state index contributed by atoms with van der Waals surface area (Å²) in [6, 6.07) is 13.4. The lowest BCUT2D eigenvalue weighted by Gasteiger charge is -2.43. The van der Waals surface area contributed by atoms with Crippen LogP contribution < -0.4 is 5.32 Å². The number of amides is 2. The number of carbonyl (C=O) groups excluding carboxylic acids is 2. The smallest absolute Gasteiger partial charge is 0.244 e. The number of nitrogens with one attached hydrogen (secondary N) is 1. The lowest BCUT2D eigenvalue weighted by molar-refractivity contribution is -0.149. The maximum absolute atomic E-state index is 13.3. The second-order valence-corrected chi connectivity index (χ2v) is 7.89. The fourth-order valence-corrected chi connectivity index (χ4v) is 4.00. The Balaban J connectivity index is 1.35. The van der Waals surface area contributed by atoms with Crippen molar-refractivity contribution in [3.63, 3.8) is 0 Å². The van der Waals surface area contributed by atoms with E-state index >= 15 is 0 Å². The van der Waals surface area contributed by atoms with Crippen LogP contribution in [0.5, 0.6) is 0 Å². The van der Waals surface area contributed by atoms with Crippen molar-refractivity contribution in [1.29, 1.82) is 0 Å². The number of pyridine rings is 1. The summed E-state index contributed by atoms with van der Waals surface area (Å²) < 4.78 is 5.46. The number of aromatic nitrogens is 1. The first-order valence-corrected chi connectivity index (χ1v) is 10.5. The monoisotopic (exact) mass is 408 g/mol. The number of hydrogen-bond acceptors (Lipinski definition) is 5. The average molecular weight is 409 g/mol. The van der Waals surface area contributed by atoms with E-state index in [1.807, 2.05) is 49.4 Å². The number of hydrogen-bond donors (Lipinski definition) is 1. The first-order chi connectivity index (χ1) is 14.6. The molecule has 30 heavy (non-hydrogen) atoms. The maximum atomic E-state index is 13.3. The molecule has 1 atom stereocenters. The quantitative estimate of drug-likeness (QED) is 0.785. The van der Waals surface area contributed by atoms with Crippen molar-refractivity contribution in [2.24, 2.45) is 5.92 Å². The van der Waals surface area contributed by atoms with Crippen LogP contribution in [0.2, 0.25) is 0 Å². The van der Waals surface area contributed by atoms with E-state index in [0.717, 1.165) is 29.9 Å². The Hall–Kier alpha value is -2.77. The van der Waals surface area contributed by atoms with Crippen molar-refractivity contribution >= 4 is 11.8 Å². The highest BCUT2D eigenvalue weighted by atomic mass is 16.5. The Morgan fingerprint density at radius 3 is 2.57 bits per heavy atom. The summed E-state index contributed by atoms with van der Waals surface area (Å²) >= 11 is 0. The molecule has 1 aromatic carbocycles. The minimum absolute atomic E-state index is 0.0215. The van der Waals surface area contributed by atoms with E-state index in [0.29, 0.717) is 32.8 Å². The molecule has 1 N–H and O–H groups in total. The van der Waals surface area contributed by atoms with Crippen molar-refractivity contribution in [1.82, 2.24) is 20.1 Å². The van der Waals surface area contributed by atoms with Gasteiger partial charge < -0.3 is 15.0 Å². The third kappa shape index (κ3) is 4.52. The molecule has 2 aromatic rings. The normalized spacial score (nSPS) is 18.5. The van der Waals surface area contributed by atoms with Crippen LogP contribution in [0.1, 0.15) is 22.9 Å². The van der Waals surface area contributed by atoms with Crippen LogP contribution in [0.4, 0.5) is 0 Å². The lowest BCUT2D eigenvalue weighted by Crippen LogP contribution is -2.58. The Morgan fingerprint density at radius 1 is 1.13 bits per heavy atom. The molecular formula is C23H28N4O3. The SMILES string of the molecule is Cc1cccnc1CNC(=O)C1CN(C(=O)C(c2ccccc2)N2CCOCC2)C1. The van der Waals surface area contributed by atoms with Crippen molar-refractivity contribution in [2.75, 3.05) is 39.4 Å². The van der Waals surface area contributed by atoms with Crippen LogP contribution in [0, 0.1) is 12.8 Å². The molecule has 0 saturated carbocycles. The Bertz CT molecular complexity index is 877. The Morgan fingerprint density at radius 2 is 1.87 bits per heavy atom. The van der Waals surface area contributed by atoms with E-state index in [4.69, 9.17) is 4.74 Å². The van der Waals surface area contributed by atoms with Crippen molar-refractivity contribution in [3.8, 4) is 0 Å². The van der Waals surface area contributed by atoms with Crippen molar-refractivity contribution < 1.29 is 14.3 Å². The molecule has 0 radical (unpaired) electrons. The molecule has 0 bridgehead atoms. The van der Waals surface area contributed by atoms with Crippen LogP contribution >= 0.6 is 0 Å². The summed E-state index contributed by atoms with van der Waals surface area (Å²) in [4.78, 5) is 34.1. The average Bonchev–Trinajstić information content (AvgIpc) is 2.74. The highest BCUT2D eigenvalue weighted by Gasteiger charge is 2.40. The summed E-state index contributed by atoms with van der Waals surface area (Å²) in [6.45, 7) is 6.03. The van der Waals surface area contributed by atoms with Crippen LogP contribution in [0.25, 0.3) is 0 Å². The fraction of sp³-hybridized carbons (Fsp3) is 0.435. The zero-order valence-electron chi connectivity index (χ0n) is 17.3. The maximum Gasteiger partial charge on any atom is 0.244 e. The molecule has 0 aliphatic carbocycles. The van der Waals surface area contributed by atoms with E-state index in [9.17, 15) is 9.59 Å². The van der Waals surface area contributed by atoms with Gasteiger partial charge in [0.2, 0.25) is 11.8 Å².